The lowest BCUT2D eigenvalue weighted by atomic mass is 9.91. The van der Waals surface area contributed by atoms with Gasteiger partial charge in [0.05, 0.1) is 0 Å². The van der Waals surface area contributed by atoms with Gasteiger partial charge in [-0.25, -0.2) is 19.4 Å². The van der Waals surface area contributed by atoms with E-state index in [-0.39, 0.29) is 22.8 Å². The molecule has 0 bridgehead atoms. The van der Waals surface area contributed by atoms with Crippen molar-refractivity contribution in [1.82, 2.24) is 0 Å². The van der Waals surface area contributed by atoms with E-state index in [2.05, 4.69) is 9.78 Å². The van der Waals surface area contributed by atoms with Gasteiger partial charge in [0.2, 0.25) is 0 Å². The SMILES string of the molecule is O=C(OOC(=O)c1cc(O)c2c(c1O)CCCCCCCC2)c1cc(O)ccc1O. The molecule has 1 aliphatic rings. The van der Waals surface area contributed by atoms with Gasteiger partial charge in [-0.15, -0.1) is 0 Å². The van der Waals surface area contributed by atoms with E-state index in [4.69, 9.17) is 0 Å². The highest BCUT2D eigenvalue weighted by Gasteiger charge is 2.25. The molecule has 0 spiro atoms. The second kappa shape index (κ2) is 9.39. The first-order chi connectivity index (χ1) is 14.4. The van der Waals surface area contributed by atoms with Crippen molar-refractivity contribution >= 4 is 11.9 Å². The molecule has 30 heavy (non-hydrogen) atoms. The maximum Gasteiger partial charge on any atom is 0.390 e. The van der Waals surface area contributed by atoms with Crippen molar-refractivity contribution in [2.75, 3.05) is 0 Å². The van der Waals surface area contributed by atoms with Crippen molar-refractivity contribution in [2.24, 2.45) is 0 Å². The van der Waals surface area contributed by atoms with Crippen LogP contribution in [0, 0.1) is 0 Å². The fourth-order valence-electron chi connectivity index (χ4n) is 3.62. The molecule has 2 aromatic rings. The fourth-order valence-corrected chi connectivity index (χ4v) is 3.62. The molecular formula is C22H24O8. The summed E-state index contributed by atoms with van der Waals surface area (Å²) in [6.45, 7) is 0. The molecule has 4 N–H and O–H groups in total. The van der Waals surface area contributed by atoms with Crippen LogP contribution in [-0.4, -0.2) is 32.4 Å². The van der Waals surface area contributed by atoms with Gasteiger partial charge in [0.25, 0.3) is 0 Å². The third kappa shape index (κ3) is 4.76. The first-order valence-electron chi connectivity index (χ1n) is 9.90. The molecular weight excluding hydrogens is 392 g/mol. The van der Waals surface area contributed by atoms with Gasteiger partial charge in [0.1, 0.15) is 34.1 Å². The van der Waals surface area contributed by atoms with E-state index in [1.165, 1.54) is 6.07 Å². The standard InChI is InChI=1S/C22H24O8/c23-13-9-10-18(24)16(11-13)21(27)29-30-22(28)17-12-19(25)14-7-5-3-1-2-4-6-8-15(14)20(17)26/h9-12,23-26H,1-8H2. The van der Waals surface area contributed by atoms with Crippen molar-refractivity contribution < 1.29 is 39.8 Å². The number of hydrogen-bond donors (Lipinski definition) is 4. The van der Waals surface area contributed by atoms with Crippen LogP contribution in [0.5, 0.6) is 23.0 Å². The summed E-state index contributed by atoms with van der Waals surface area (Å²) in [6, 6.07) is 4.30. The van der Waals surface area contributed by atoms with Crippen LogP contribution in [0.3, 0.4) is 0 Å². The smallest absolute Gasteiger partial charge is 0.390 e. The van der Waals surface area contributed by atoms with Crippen molar-refractivity contribution in [3.8, 4) is 23.0 Å². The second-order valence-corrected chi connectivity index (χ2v) is 7.31. The van der Waals surface area contributed by atoms with Crippen LogP contribution >= 0.6 is 0 Å². The fraction of sp³-hybridized carbons (Fsp3) is 0.364. The number of carbonyl (C=O) groups excluding carboxylic acids is 2. The van der Waals surface area contributed by atoms with Crippen LogP contribution in [0.25, 0.3) is 0 Å². The van der Waals surface area contributed by atoms with Crippen molar-refractivity contribution in [3.63, 3.8) is 0 Å². The molecule has 0 heterocycles. The van der Waals surface area contributed by atoms with E-state index in [0.29, 0.717) is 24.0 Å². The molecule has 1 aliphatic carbocycles. The zero-order chi connectivity index (χ0) is 21.7. The average Bonchev–Trinajstić information content (AvgIpc) is 2.73. The quantitative estimate of drug-likeness (QED) is 0.329. The molecule has 0 fully saturated rings. The number of hydrogen-bond acceptors (Lipinski definition) is 8. The van der Waals surface area contributed by atoms with E-state index in [1.807, 2.05) is 0 Å². The van der Waals surface area contributed by atoms with Gasteiger partial charge in [0.15, 0.2) is 0 Å². The Labute approximate surface area is 173 Å². The van der Waals surface area contributed by atoms with Crippen LogP contribution in [0.15, 0.2) is 24.3 Å². The normalized spacial score (nSPS) is 14.4. The van der Waals surface area contributed by atoms with Gasteiger partial charge in [-0.05, 0) is 49.9 Å². The maximum absolute atomic E-state index is 12.4. The molecule has 0 aromatic heterocycles. The molecule has 0 amide bonds. The number of rotatable bonds is 2. The first kappa shape index (κ1) is 21.3. The Morgan fingerprint density at radius 2 is 1.23 bits per heavy atom. The molecule has 0 unspecified atom stereocenters. The highest BCUT2D eigenvalue weighted by atomic mass is 17.2. The lowest BCUT2D eigenvalue weighted by molar-refractivity contribution is -0.187. The van der Waals surface area contributed by atoms with Gasteiger partial charge in [-0.1, -0.05) is 25.7 Å². The highest BCUT2D eigenvalue weighted by Crippen LogP contribution is 2.36. The monoisotopic (exact) mass is 416 g/mol. The Morgan fingerprint density at radius 3 is 1.90 bits per heavy atom. The predicted octanol–water partition coefficient (Wildman–Crippen LogP) is 3.88. The van der Waals surface area contributed by atoms with Gasteiger partial charge < -0.3 is 20.4 Å². The Morgan fingerprint density at radius 1 is 0.667 bits per heavy atom. The third-order valence-electron chi connectivity index (χ3n) is 5.21. The lowest BCUT2D eigenvalue weighted by Crippen LogP contribution is -2.13. The number of aromatic hydroxyl groups is 4. The van der Waals surface area contributed by atoms with E-state index < -0.39 is 23.3 Å². The Kier molecular flexibility index (Phi) is 6.66. The summed E-state index contributed by atoms with van der Waals surface area (Å²) in [7, 11) is 0. The second-order valence-electron chi connectivity index (χ2n) is 7.31. The first-order valence-corrected chi connectivity index (χ1v) is 9.90. The molecule has 0 radical (unpaired) electrons. The highest BCUT2D eigenvalue weighted by molar-refractivity contribution is 5.96. The summed E-state index contributed by atoms with van der Waals surface area (Å²) in [5, 5.41) is 40.2. The van der Waals surface area contributed by atoms with Crippen LogP contribution in [0.1, 0.15) is 70.4 Å². The lowest BCUT2D eigenvalue weighted by Gasteiger charge is -2.17. The van der Waals surface area contributed by atoms with Crippen molar-refractivity contribution in [1.29, 1.82) is 0 Å². The number of carbonyl (C=O) groups is 2. The Hall–Kier alpha value is -3.42. The Balaban J connectivity index is 1.79. The van der Waals surface area contributed by atoms with Crippen LogP contribution in [0.2, 0.25) is 0 Å². The van der Waals surface area contributed by atoms with Crippen LogP contribution in [0.4, 0.5) is 0 Å². The number of phenols is 4. The average molecular weight is 416 g/mol. The van der Waals surface area contributed by atoms with Gasteiger partial charge in [0, 0.05) is 11.1 Å². The summed E-state index contributed by atoms with van der Waals surface area (Å²) < 4.78 is 0. The third-order valence-corrected chi connectivity index (χ3v) is 5.21. The topological polar surface area (TPSA) is 134 Å². The zero-order valence-corrected chi connectivity index (χ0v) is 16.4. The van der Waals surface area contributed by atoms with Crippen molar-refractivity contribution in [3.05, 3.63) is 46.5 Å². The summed E-state index contributed by atoms with van der Waals surface area (Å²) in [6.07, 6.45) is 7.02. The van der Waals surface area contributed by atoms with E-state index in [1.54, 1.807) is 0 Å². The van der Waals surface area contributed by atoms with Gasteiger partial charge >= 0.3 is 11.9 Å². The summed E-state index contributed by atoms with van der Waals surface area (Å²) in [5.74, 6) is -3.56. The zero-order valence-electron chi connectivity index (χ0n) is 16.4. The summed E-state index contributed by atoms with van der Waals surface area (Å²) >= 11 is 0. The minimum Gasteiger partial charge on any atom is -0.508 e. The van der Waals surface area contributed by atoms with Gasteiger partial charge in [-0.2, -0.15) is 0 Å². The van der Waals surface area contributed by atoms with E-state index in [9.17, 15) is 30.0 Å². The molecule has 2 aromatic carbocycles. The molecule has 0 atom stereocenters. The van der Waals surface area contributed by atoms with Crippen LogP contribution in [-0.2, 0) is 22.6 Å². The largest absolute Gasteiger partial charge is 0.508 e. The molecule has 0 saturated carbocycles. The Bertz CT molecular complexity index is 951. The number of phenolic OH excluding ortho intramolecular Hbond substituents is 4. The molecule has 3 rings (SSSR count). The predicted molar refractivity (Wildman–Crippen MR) is 105 cm³/mol. The minimum atomic E-state index is -1.21. The summed E-state index contributed by atoms with van der Waals surface area (Å²) in [4.78, 5) is 33.4. The van der Waals surface area contributed by atoms with E-state index >= 15 is 0 Å². The van der Waals surface area contributed by atoms with Crippen molar-refractivity contribution in [2.45, 2.75) is 51.4 Å². The molecule has 160 valence electrons. The summed E-state index contributed by atoms with van der Waals surface area (Å²) in [5.41, 5.74) is 0.394. The van der Waals surface area contributed by atoms with Crippen LogP contribution < -0.4 is 0 Å². The molecule has 0 saturated heterocycles. The molecule has 8 heteroatoms. The van der Waals surface area contributed by atoms with Gasteiger partial charge in [-0.3, -0.25) is 0 Å². The maximum atomic E-state index is 12.4. The molecule has 0 aliphatic heterocycles. The van der Waals surface area contributed by atoms with E-state index in [0.717, 1.165) is 56.7 Å². The molecule has 8 nitrogen and oxygen atoms in total. The number of benzene rings is 2. The number of fused-ring (bicyclic) bond motifs is 1. The minimum absolute atomic E-state index is 0.118.